The molecule has 0 amide bonds. The second kappa shape index (κ2) is 9.89. The van der Waals surface area contributed by atoms with Crippen molar-refractivity contribution in [3.63, 3.8) is 0 Å². The van der Waals surface area contributed by atoms with Gasteiger partial charge in [0.05, 0.1) is 17.2 Å². The summed E-state index contributed by atoms with van der Waals surface area (Å²) < 4.78 is 8.93. The Bertz CT molecular complexity index is 1870. The summed E-state index contributed by atoms with van der Waals surface area (Å²) in [7, 11) is 2.07. The third kappa shape index (κ3) is 4.39. The molecular weight excluding hydrogens is 476 g/mol. The fraction of sp³-hybridized carbons (Fsp3) is 0.167. The van der Waals surface area contributed by atoms with Crippen LogP contribution in [-0.2, 0) is 13.5 Å². The average Bonchev–Trinajstić information content (AvgIpc) is 3.32. The molecule has 2 aromatic heterocycles. The lowest BCUT2D eigenvalue weighted by atomic mass is 9.94. The van der Waals surface area contributed by atoms with E-state index in [-0.39, 0.29) is 0 Å². The number of hydrogen-bond donors (Lipinski definition) is 0. The fourth-order valence-electron chi connectivity index (χ4n) is 5.61. The summed E-state index contributed by atoms with van der Waals surface area (Å²) in [6, 6.07) is 34.1. The Balaban J connectivity index is 1.59. The Morgan fingerprint density at radius 1 is 0.769 bits per heavy atom. The first-order valence-electron chi connectivity index (χ1n) is 13.5. The first-order chi connectivity index (χ1) is 18.9. The van der Waals surface area contributed by atoms with E-state index < -0.39 is 0 Å². The van der Waals surface area contributed by atoms with E-state index in [0.29, 0.717) is 11.5 Å². The SMILES string of the molecule is Cc1ccc2c(oc3c(-c4ccc(CC(C)C)cc4)c(C#N)ccc32)c1-c1cc(-c2ccccc2)cc[n+]1C. The largest absolute Gasteiger partial charge is 0.454 e. The number of furan rings is 1. The third-order valence-electron chi connectivity index (χ3n) is 7.54. The van der Waals surface area contributed by atoms with Crippen LogP contribution in [0.15, 0.2) is 102 Å². The lowest BCUT2D eigenvalue weighted by Crippen LogP contribution is -2.30. The highest BCUT2D eigenvalue weighted by atomic mass is 16.3. The van der Waals surface area contributed by atoms with Crippen LogP contribution < -0.4 is 4.57 Å². The van der Waals surface area contributed by atoms with Gasteiger partial charge in [0.15, 0.2) is 6.20 Å². The van der Waals surface area contributed by atoms with Crippen molar-refractivity contribution >= 4 is 21.9 Å². The van der Waals surface area contributed by atoms with E-state index in [1.54, 1.807) is 0 Å². The van der Waals surface area contributed by atoms with Crippen LogP contribution in [0.4, 0.5) is 0 Å². The van der Waals surface area contributed by atoms with Crippen molar-refractivity contribution in [1.82, 2.24) is 0 Å². The molecule has 0 unspecified atom stereocenters. The average molecular weight is 508 g/mol. The van der Waals surface area contributed by atoms with Crippen LogP contribution in [-0.4, -0.2) is 0 Å². The van der Waals surface area contributed by atoms with E-state index in [4.69, 9.17) is 4.42 Å². The molecule has 39 heavy (non-hydrogen) atoms. The summed E-state index contributed by atoms with van der Waals surface area (Å²) in [5, 5.41) is 12.1. The van der Waals surface area contributed by atoms with Crippen LogP contribution >= 0.6 is 0 Å². The van der Waals surface area contributed by atoms with Gasteiger partial charge in [-0.25, -0.2) is 4.57 Å². The maximum absolute atomic E-state index is 10.0. The molecule has 3 nitrogen and oxygen atoms in total. The lowest BCUT2D eigenvalue weighted by molar-refractivity contribution is -0.660. The highest BCUT2D eigenvalue weighted by Gasteiger charge is 2.23. The number of fused-ring (bicyclic) bond motifs is 3. The van der Waals surface area contributed by atoms with Gasteiger partial charge in [0, 0.05) is 28.5 Å². The quantitative estimate of drug-likeness (QED) is 0.219. The van der Waals surface area contributed by atoms with Crippen LogP contribution in [0.2, 0.25) is 0 Å². The standard InChI is InChI=1S/C36H31N2O/c1-23(2)20-25-11-13-27(14-12-25)34-29(22-37)15-17-31-30-16-10-24(3)33(35(30)39-36(31)34)32-21-28(18-19-38(32)4)26-8-6-5-7-9-26/h5-19,21,23H,20H2,1-4H3/q+1. The number of aryl methyl sites for hydroxylation is 2. The van der Waals surface area contributed by atoms with Crippen LogP contribution in [0.3, 0.4) is 0 Å². The molecule has 6 aromatic rings. The van der Waals surface area contributed by atoms with Gasteiger partial charge >= 0.3 is 0 Å². The Hall–Kier alpha value is -4.68. The van der Waals surface area contributed by atoms with E-state index in [1.165, 1.54) is 11.1 Å². The molecule has 4 aromatic carbocycles. The van der Waals surface area contributed by atoms with Crippen molar-refractivity contribution in [2.75, 3.05) is 0 Å². The minimum atomic E-state index is 0.590. The van der Waals surface area contributed by atoms with Gasteiger partial charge in [0.2, 0.25) is 5.69 Å². The molecule has 2 heterocycles. The molecule has 0 aliphatic carbocycles. The number of hydrogen-bond acceptors (Lipinski definition) is 2. The number of rotatable bonds is 5. The van der Waals surface area contributed by atoms with E-state index in [2.05, 4.69) is 117 Å². The topological polar surface area (TPSA) is 40.8 Å². The van der Waals surface area contributed by atoms with Crippen molar-refractivity contribution in [1.29, 1.82) is 5.26 Å². The number of benzene rings is 4. The third-order valence-corrected chi connectivity index (χ3v) is 7.54. The van der Waals surface area contributed by atoms with E-state index in [0.717, 1.165) is 61.9 Å². The highest BCUT2D eigenvalue weighted by molar-refractivity contribution is 6.14. The summed E-state index contributed by atoms with van der Waals surface area (Å²) >= 11 is 0. The van der Waals surface area contributed by atoms with Crippen LogP contribution in [0.1, 0.15) is 30.5 Å². The zero-order valence-electron chi connectivity index (χ0n) is 22.8. The second-order valence-electron chi connectivity index (χ2n) is 10.8. The van der Waals surface area contributed by atoms with Gasteiger partial charge in [-0.05, 0) is 59.2 Å². The van der Waals surface area contributed by atoms with Gasteiger partial charge in [-0.15, -0.1) is 0 Å². The molecule has 0 spiro atoms. The van der Waals surface area contributed by atoms with E-state index in [9.17, 15) is 5.26 Å². The normalized spacial score (nSPS) is 11.4. The second-order valence-corrected chi connectivity index (χ2v) is 10.8. The van der Waals surface area contributed by atoms with Gasteiger partial charge < -0.3 is 4.42 Å². The Morgan fingerprint density at radius 2 is 1.46 bits per heavy atom. The van der Waals surface area contributed by atoms with Crippen LogP contribution in [0.5, 0.6) is 0 Å². The van der Waals surface area contributed by atoms with E-state index in [1.807, 2.05) is 18.2 Å². The summed E-state index contributed by atoms with van der Waals surface area (Å²) in [5.41, 5.74) is 11.0. The van der Waals surface area contributed by atoms with Gasteiger partial charge in [0.25, 0.3) is 0 Å². The smallest absolute Gasteiger partial charge is 0.216 e. The molecule has 0 saturated carbocycles. The molecule has 0 aliphatic rings. The molecule has 0 fully saturated rings. The molecule has 0 radical (unpaired) electrons. The number of nitriles is 1. The van der Waals surface area contributed by atoms with E-state index >= 15 is 0 Å². The van der Waals surface area contributed by atoms with Gasteiger partial charge in [-0.2, -0.15) is 5.26 Å². The first kappa shape index (κ1) is 24.6. The molecule has 0 N–H and O–H groups in total. The summed E-state index contributed by atoms with van der Waals surface area (Å²) in [6.45, 7) is 6.59. The molecule has 0 atom stereocenters. The van der Waals surface area contributed by atoms with Crippen molar-refractivity contribution in [2.45, 2.75) is 27.2 Å². The zero-order valence-corrected chi connectivity index (χ0v) is 22.8. The lowest BCUT2D eigenvalue weighted by Gasteiger charge is -2.09. The number of pyridine rings is 1. The van der Waals surface area contributed by atoms with Gasteiger partial charge in [0.1, 0.15) is 18.2 Å². The molecule has 3 heteroatoms. The maximum atomic E-state index is 10.0. The minimum Gasteiger partial charge on any atom is -0.454 e. The first-order valence-corrected chi connectivity index (χ1v) is 13.5. The minimum absolute atomic E-state index is 0.590. The van der Waals surface area contributed by atoms with Crippen molar-refractivity contribution in [3.05, 3.63) is 114 Å². The molecule has 0 aliphatic heterocycles. The molecule has 190 valence electrons. The maximum Gasteiger partial charge on any atom is 0.216 e. The van der Waals surface area contributed by atoms with Gasteiger partial charge in [-0.1, -0.05) is 80.6 Å². The molecule has 0 saturated heterocycles. The van der Waals surface area contributed by atoms with Crippen molar-refractivity contribution in [2.24, 2.45) is 13.0 Å². The molecular formula is C36H31N2O+. The zero-order chi connectivity index (χ0) is 27.1. The predicted molar refractivity (Wildman–Crippen MR) is 159 cm³/mol. The fourth-order valence-corrected chi connectivity index (χ4v) is 5.61. The van der Waals surface area contributed by atoms with Crippen LogP contribution in [0, 0.1) is 24.2 Å². The summed E-state index contributed by atoms with van der Waals surface area (Å²) in [4.78, 5) is 0. The predicted octanol–water partition coefficient (Wildman–Crippen LogP) is 8.79. The Morgan fingerprint density at radius 3 is 2.15 bits per heavy atom. The van der Waals surface area contributed by atoms with Crippen LogP contribution in [0.25, 0.3) is 55.4 Å². The molecule has 0 bridgehead atoms. The Kier molecular flexibility index (Phi) is 6.25. The van der Waals surface area contributed by atoms with Gasteiger partial charge in [-0.3, -0.25) is 0 Å². The number of nitrogens with zero attached hydrogens (tertiary/aromatic N) is 2. The monoisotopic (exact) mass is 507 g/mol. The number of aromatic nitrogens is 1. The summed E-state index contributed by atoms with van der Waals surface area (Å²) in [6.07, 6.45) is 3.14. The van der Waals surface area contributed by atoms with Crippen molar-refractivity contribution < 1.29 is 8.98 Å². The Labute approximate surface area is 229 Å². The molecule has 6 rings (SSSR count). The van der Waals surface area contributed by atoms with Crippen molar-refractivity contribution in [3.8, 4) is 39.6 Å². The highest BCUT2D eigenvalue weighted by Crippen LogP contribution is 2.42. The summed E-state index contributed by atoms with van der Waals surface area (Å²) in [5.74, 6) is 0.590.